The fourth-order valence-corrected chi connectivity index (χ4v) is 2.79. The average molecular weight is 252 g/mol. The Hall–Kier alpha value is -0.510. The van der Waals surface area contributed by atoms with Gasteiger partial charge in [0.25, 0.3) is 0 Å². The first-order valence-electron chi connectivity index (χ1n) is 6.24. The molecule has 0 fully saturated rings. The fraction of sp³-hybridized carbons (Fsp3) is 0.571. The van der Waals surface area contributed by atoms with Crippen molar-refractivity contribution in [1.82, 2.24) is 5.43 Å². The van der Waals surface area contributed by atoms with Crippen molar-refractivity contribution in [2.45, 2.75) is 45.4 Å². The Morgan fingerprint density at radius 2 is 2.06 bits per heavy atom. The van der Waals surface area contributed by atoms with Gasteiger partial charge in [-0.15, -0.1) is 0 Å². The van der Waals surface area contributed by atoms with Gasteiger partial charge in [0, 0.05) is 11.0 Å². The monoisotopic (exact) mass is 252 g/mol. The lowest BCUT2D eigenvalue weighted by atomic mass is 9.99. The normalized spacial score (nSPS) is 14.6. The van der Waals surface area contributed by atoms with Crippen molar-refractivity contribution in [3.05, 3.63) is 34.9 Å². The average Bonchev–Trinajstić information content (AvgIpc) is 2.34. The van der Waals surface area contributed by atoms with Crippen LogP contribution >= 0.6 is 11.8 Å². The first-order chi connectivity index (χ1) is 8.10. The summed E-state index contributed by atoms with van der Waals surface area (Å²) in [5, 5.41) is 0.691. The van der Waals surface area contributed by atoms with E-state index >= 15 is 0 Å². The van der Waals surface area contributed by atoms with Crippen LogP contribution in [0.4, 0.5) is 0 Å². The zero-order valence-corrected chi connectivity index (χ0v) is 12.1. The second-order valence-corrected chi connectivity index (χ2v) is 6.03. The van der Waals surface area contributed by atoms with Crippen LogP contribution in [0.25, 0.3) is 0 Å². The Balaban J connectivity index is 2.76. The van der Waals surface area contributed by atoms with Crippen molar-refractivity contribution in [1.29, 1.82) is 0 Å². The van der Waals surface area contributed by atoms with Gasteiger partial charge in [-0.2, -0.15) is 11.8 Å². The molecule has 0 bridgehead atoms. The molecule has 1 rings (SSSR count). The molecule has 0 amide bonds. The van der Waals surface area contributed by atoms with Crippen LogP contribution in [0.2, 0.25) is 0 Å². The lowest BCUT2D eigenvalue weighted by Gasteiger charge is -2.20. The summed E-state index contributed by atoms with van der Waals surface area (Å²) in [6.07, 6.45) is 1.20. The maximum absolute atomic E-state index is 5.69. The van der Waals surface area contributed by atoms with Gasteiger partial charge < -0.3 is 0 Å². The van der Waals surface area contributed by atoms with E-state index in [1.54, 1.807) is 0 Å². The van der Waals surface area contributed by atoms with Crippen LogP contribution in [0.5, 0.6) is 0 Å². The van der Waals surface area contributed by atoms with E-state index in [-0.39, 0.29) is 6.04 Å². The lowest BCUT2D eigenvalue weighted by molar-refractivity contribution is 0.606. The molecule has 2 unspecified atom stereocenters. The van der Waals surface area contributed by atoms with Crippen molar-refractivity contribution < 1.29 is 0 Å². The maximum atomic E-state index is 5.69. The summed E-state index contributed by atoms with van der Waals surface area (Å²) in [5.41, 5.74) is 6.94. The molecule has 0 aliphatic heterocycles. The summed E-state index contributed by atoms with van der Waals surface area (Å²) in [4.78, 5) is 0. The Labute approximate surface area is 109 Å². The van der Waals surface area contributed by atoms with Gasteiger partial charge in [-0.05, 0) is 37.0 Å². The van der Waals surface area contributed by atoms with Gasteiger partial charge in [0.05, 0.1) is 6.04 Å². The number of aryl methyl sites for hydroxylation is 1. The molecule has 0 heterocycles. The highest BCUT2D eigenvalue weighted by Crippen LogP contribution is 2.25. The topological polar surface area (TPSA) is 38.0 Å². The molecular weight excluding hydrogens is 228 g/mol. The van der Waals surface area contributed by atoms with Gasteiger partial charge in [0.1, 0.15) is 0 Å². The molecule has 17 heavy (non-hydrogen) atoms. The Bertz CT molecular complexity index is 352. The number of hydrazine groups is 1. The van der Waals surface area contributed by atoms with E-state index in [9.17, 15) is 0 Å². The standard InChI is InChI=1S/C14H24N2S/c1-5-11(3)17-9-14(16-15)13-8-6-7-10(2)12(13)4/h6-8,11,14,16H,5,9,15H2,1-4H3. The van der Waals surface area contributed by atoms with Crippen molar-refractivity contribution in [2.24, 2.45) is 5.84 Å². The predicted octanol–water partition coefficient (Wildman–Crippen LogP) is 3.34. The molecule has 3 N–H and O–H groups in total. The van der Waals surface area contributed by atoms with E-state index in [1.807, 2.05) is 11.8 Å². The van der Waals surface area contributed by atoms with Gasteiger partial charge in [0.15, 0.2) is 0 Å². The van der Waals surface area contributed by atoms with Crippen molar-refractivity contribution in [2.75, 3.05) is 5.75 Å². The largest absolute Gasteiger partial charge is 0.271 e. The van der Waals surface area contributed by atoms with Gasteiger partial charge >= 0.3 is 0 Å². The highest BCUT2D eigenvalue weighted by Gasteiger charge is 2.14. The van der Waals surface area contributed by atoms with Crippen LogP contribution < -0.4 is 11.3 Å². The number of nitrogens with two attached hydrogens (primary N) is 1. The minimum absolute atomic E-state index is 0.244. The zero-order valence-electron chi connectivity index (χ0n) is 11.3. The van der Waals surface area contributed by atoms with E-state index in [0.29, 0.717) is 5.25 Å². The predicted molar refractivity (Wildman–Crippen MR) is 78.2 cm³/mol. The van der Waals surface area contributed by atoms with E-state index in [4.69, 9.17) is 5.84 Å². The van der Waals surface area contributed by atoms with E-state index in [1.165, 1.54) is 23.1 Å². The van der Waals surface area contributed by atoms with Crippen LogP contribution in [0.3, 0.4) is 0 Å². The van der Waals surface area contributed by atoms with Crippen molar-refractivity contribution in [3.63, 3.8) is 0 Å². The van der Waals surface area contributed by atoms with E-state index < -0.39 is 0 Å². The van der Waals surface area contributed by atoms with Crippen LogP contribution in [0.15, 0.2) is 18.2 Å². The van der Waals surface area contributed by atoms with Crippen LogP contribution in [-0.4, -0.2) is 11.0 Å². The third kappa shape index (κ3) is 4.02. The summed E-state index contributed by atoms with van der Waals surface area (Å²) >= 11 is 1.98. The molecule has 0 spiro atoms. The molecule has 0 saturated heterocycles. The molecule has 1 aromatic carbocycles. The summed E-state index contributed by atoms with van der Waals surface area (Å²) < 4.78 is 0. The van der Waals surface area contributed by atoms with Gasteiger partial charge in [0.2, 0.25) is 0 Å². The molecule has 0 aromatic heterocycles. The fourth-order valence-electron chi connectivity index (χ4n) is 1.76. The highest BCUT2D eigenvalue weighted by molar-refractivity contribution is 7.99. The lowest BCUT2D eigenvalue weighted by Crippen LogP contribution is -2.30. The number of hydrogen-bond donors (Lipinski definition) is 2. The number of rotatable bonds is 6. The van der Waals surface area contributed by atoms with Crippen LogP contribution in [0, 0.1) is 13.8 Å². The molecule has 96 valence electrons. The van der Waals surface area contributed by atoms with Crippen LogP contribution in [-0.2, 0) is 0 Å². The minimum atomic E-state index is 0.244. The van der Waals surface area contributed by atoms with E-state index in [0.717, 1.165) is 5.75 Å². The molecule has 0 saturated carbocycles. The molecule has 0 radical (unpaired) electrons. The summed E-state index contributed by atoms with van der Waals surface area (Å²) in [7, 11) is 0. The second-order valence-electron chi connectivity index (χ2n) is 4.56. The Morgan fingerprint density at radius 1 is 1.35 bits per heavy atom. The first kappa shape index (κ1) is 14.6. The number of benzene rings is 1. The van der Waals surface area contributed by atoms with Gasteiger partial charge in [-0.3, -0.25) is 11.3 Å². The molecule has 2 nitrogen and oxygen atoms in total. The third-order valence-corrected chi connectivity index (χ3v) is 4.77. The number of nitrogens with one attached hydrogen (secondary N) is 1. The number of hydrogen-bond acceptors (Lipinski definition) is 3. The van der Waals surface area contributed by atoms with Crippen molar-refractivity contribution >= 4 is 11.8 Å². The first-order valence-corrected chi connectivity index (χ1v) is 7.28. The van der Waals surface area contributed by atoms with E-state index in [2.05, 4.69) is 51.3 Å². The molecule has 0 aliphatic carbocycles. The summed E-state index contributed by atoms with van der Waals surface area (Å²) in [6.45, 7) is 8.80. The summed E-state index contributed by atoms with van der Waals surface area (Å²) in [5.74, 6) is 6.71. The van der Waals surface area contributed by atoms with Gasteiger partial charge in [-0.25, -0.2) is 0 Å². The SMILES string of the molecule is CCC(C)SCC(NN)c1cccc(C)c1C. The third-order valence-electron chi connectivity index (χ3n) is 3.35. The molecular formula is C14H24N2S. The van der Waals surface area contributed by atoms with Gasteiger partial charge in [-0.1, -0.05) is 32.0 Å². The summed E-state index contributed by atoms with van der Waals surface area (Å²) in [6, 6.07) is 6.67. The Morgan fingerprint density at radius 3 is 2.65 bits per heavy atom. The molecule has 0 aliphatic rings. The molecule has 2 atom stereocenters. The Kier molecular flexibility index (Phi) is 6.03. The second kappa shape index (κ2) is 7.04. The van der Waals surface area contributed by atoms with Crippen LogP contribution in [0.1, 0.15) is 43.0 Å². The maximum Gasteiger partial charge on any atom is 0.0553 e. The zero-order chi connectivity index (χ0) is 12.8. The highest BCUT2D eigenvalue weighted by atomic mass is 32.2. The molecule has 1 aromatic rings. The smallest absolute Gasteiger partial charge is 0.0553 e. The quantitative estimate of drug-likeness (QED) is 0.602. The van der Waals surface area contributed by atoms with Crippen molar-refractivity contribution in [3.8, 4) is 0 Å². The molecule has 3 heteroatoms. The number of thioether (sulfide) groups is 1. The minimum Gasteiger partial charge on any atom is -0.271 e.